The van der Waals surface area contributed by atoms with Gasteiger partial charge in [0.2, 0.25) is 5.91 Å². The average molecular weight is 500 g/mol. The van der Waals surface area contributed by atoms with Crippen LogP contribution in [0.4, 0.5) is 5.69 Å². The molecule has 0 radical (unpaired) electrons. The van der Waals surface area contributed by atoms with Crippen molar-refractivity contribution in [1.29, 1.82) is 0 Å². The van der Waals surface area contributed by atoms with Gasteiger partial charge in [0.15, 0.2) is 0 Å². The molecule has 0 spiro atoms. The van der Waals surface area contributed by atoms with Crippen LogP contribution in [-0.4, -0.2) is 69.9 Å². The third-order valence-corrected chi connectivity index (χ3v) is 8.90. The first-order valence-electron chi connectivity index (χ1n) is 12.0. The summed E-state index contributed by atoms with van der Waals surface area (Å²) in [5.41, 5.74) is 1.88. The molecule has 2 amide bonds. The molecule has 1 fully saturated rings. The average Bonchev–Trinajstić information content (AvgIpc) is 3.32. The number of para-hydroxylation sites is 1. The minimum atomic E-state index is -3.84. The second-order valence-electron chi connectivity index (χ2n) is 9.43. The Labute approximate surface area is 207 Å². The zero-order valence-corrected chi connectivity index (χ0v) is 21.5. The smallest absolute Gasteiger partial charge is 0.264 e. The maximum absolute atomic E-state index is 13.5. The molecule has 0 aromatic heterocycles. The van der Waals surface area contributed by atoms with E-state index >= 15 is 0 Å². The van der Waals surface area contributed by atoms with Crippen molar-refractivity contribution in [3.8, 4) is 5.75 Å². The van der Waals surface area contributed by atoms with Crippen molar-refractivity contribution >= 4 is 27.5 Å². The Balaban J connectivity index is 1.55. The first kappa shape index (κ1) is 25.0. The Morgan fingerprint density at radius 2 is 1.74 bits per heavy atom. The third kappa shape index (κ3) is 4.74. The fourth-order valence-electron chi connectivity index (χ4n) is 4.74. The number of hydrogen-bond donors (Lipinski definition) is 0. The largest absolute Gasteiger partial charge is 0.496 e. The molecule has 35 heavy (non-hydrogen) atoms. The monoisotopic (exact) mass is 499 g/mol. The Kier molecular flexibility index (Phi) is 7.07. The molecular formula is C26H33N3O5S. The van der Waals surface area contributed by atoms with Gasteiger partial charge in [0.1, 0.15) is 5.75 Å². The van der Waals surface area contributed by atoms with E-state index in [0.717, 1.165) is 5.56 Å². The van der Waals surface area contributed by atoms with Gasteiger partial charge in [0, 0.05) is 38.6 Å². The van der Waals surface area contributed by atoms with Gasteiger partial charge in [-0.1, -0.05) is 18.2 Å². The van der Waals surface area contributed by atoms with Crippen LogP contribution >= 0.6 is 0 Å². The molecule has 2 aliphatic rings. The number of benzene rings is 2. The van der Waals surface area contributed by atoms with E-state index in [4.69, 9.17) is 4.74 Å². The molecule has 4 rings (SSSR count). The molecule has 0 aliphatic carbocycles. The molecule has 0 saturated carbocycles. The van der Waals surface area contributed by atoms with Crippen LogP contribution in [0.25, 0.3) is 0 Å². The van der Waals surface area contributed by atoms with Crippen LogP contribution in [0.15, 0.2) is 47.4 Å². The van der Waals surface area contributed by atoms with E-state index in [1.807, 2.05) is 32.0 Å². The first-order valence-corrected chi connectivity index (χ1v) is 13.4. The van der Waals surface area contributed by atoms with E-state index in [2.05, 4.69) is 0 Å². The number of ether oxygens (including phenoxy) is 1. The van der Waals surface area contributed by atoms with Crippen LogP contribution in [0, 0.1) is 5.92 Å². The Morgan fingerprint density at radius 1 is 1.06 bits per heavy atom. The Hall–Kier alpha value is -3.07. The molecule has 0 N–H and O–H groups in total. The molecule has 0 atom stereocenters. The lowest BCUT2D eigenvalue weighted by Gasteiger charge is -2.34. The van der Waals surface area contributed by atoms with Crippen LogP contribution in [0.1, 0.15) is 42.6 Å². The van der Waals surface area contributed by atoms with E-state index in [1.54, 1.807) is 22.9 Å². The van der Waals surface area contributed by atoms with Crippen molar-refractivity contribution in [1.82, 2.24) is 9.80 Å². The molecule has 0 unspecified atom stereocenters. The van der Waals surface area contributed by atoms with Gasteiger partial charge in [-0.2, -0.15) is 0 Å². The maximum Gasteiger partial charge on any atom is 0.264 e. The number of amides is 2. The first-order chi connectivity index (χ1) is 16.6. The second-order valence-corrected chi connectivity index (χ2v) is 11.3. The summed E-state index contributed by atoms with van der Waals surface area (Å²) in [6.07, 6.45) is 1.80. The van der Waals surface area contributed by atoms with E-state index in [1.165, 1.54) is 29.6 Å². The van der Waals surface area contributed by atoms with Crippen molar-refractivity contribution in [3.63, 3.8) is 0 Å². The van der Waals surface area contributed by atoms with Gasteiger partial charge in [0.25, 0.3) is 15.9 Å². The van der Waals surface area contributed by atoms with Crippen molar-refractivity contribution in [3.05, 3.63) is 53.6 Å². The minimum absolute atomic E-state index is 0.0574. The van der Waals surface area contributed by atoms with Gasteiger partial charge in [-0.3, -0.25) is 13.9 Å². The van der Waals surface area contributed by atoms with Crippen LogP contribution in [-0.2, 0) is 21.2 Å². The predicted molar refractivity (Wildman–Crippen MR) is 134 cm³/mol. The summed E-state index contributed by atoms with van der Waals surface area (Å²) in [4.78, 5) is 29.6. The van der Waals surface area contributed by atoms with Crippen LogP contribution in [0.5, 0.6) is 5.75 Å². The number of sulfonamides is 1. The highest BCUT2D eigenvalue weighted by molar-refractivity contribution is 7.92. The van der Waals surface area contributed by atoms with Gasteiger partial charge in [-0.15, -0.1) is 0 Å². The van der Waals surface area contributed by atoms with Gasteiger partial charge in [-0.25, -0.2) is 8.42 Å². The quantitative estimate of drug-likeness (QED) is 0.609. The second kappa shape index (κ2) is 9.89. The fourth-order valence-corrected chi connectivity index (χ4v) is 6.27. The summed E-state index contributed by atoms with van der Waals surface area (Å²) in [6.45, 7) is 5.18. The number of fused-ring (bicyclic) bond motifs is 1. The molecular weight excluding hydrogens is 466 g/mol. The number of anilines is 1. The normalized spacial score (nSPS) is 16.4. The molecule has 2 heterocycles. The minimum Gasteiger partial charge on any atom is -0.496 e. The third-order valence-electron chi connectivity index (χ3n) is 7.09. The van der Waals surface area contributed by atoms with Crippen LogP contribution in [0.2, 0.25) is 0 Å². The van der Waals surface area contributed by atoms with Gasteiger partial charge in [0.05, 0.1) is 23.3 Å². The summed E-state index contributed by atoms with van der Waals surface area (Å²) in [7, 11) is -0.577. The molecule has 0 bridgehead atoms. The van der Waals surface area contributed by atoms with Crippen molar-refractivity contribution < 1.29 is 22.7 Å². The molecule has 188 valence electrons. The zero-order chi connectivity index (χ0) is 25.3. The predicted octanol–water partition coefficient (Wildman–Crippen LogP) is 3.17. The molecule has 2 aromatic carbocycles. The lowest BCUT2D eigenvalue weighted by molar-refractivity contribution is -0.137. The molecule has 2 aliphatic heterocycles. The fraction of sp³-hybridized carbons (Fsp3) is 0.462. The number of hydrogen-bond acceptors (Lipinski definition) is 5. The number of carbonyl (C=O) groups excluding carboxylic acids is 2. The highest BCUT2D eigenvalue weighted by Crippen LogP contribution is 2.34. The van der Waals surface area contributed by atoms with E-state index < -0.39 is 10.0 Å². The maximum atomic E-state index is 13.5. The van der Waals surface area contributed by atoms with Crippen LogP contribution in [0.3, 0.4) is 0 Å². The number of piperidine rings is 1. The number of nitrogens with zero attached hydrogens (tertiary/aromatic N) is 3. The Bertz CT molecular complexity index is 1220. The SMILES string of the molecule is COc1ccc(S(=O)(=O)N2CCc3ccccc32)cc1C(=O)N1CCC(C(=O)N(C)C(C)C)CC1. The van der Waals surface area contributed by atoms with E-state index in [9.17, 15) is 18.0 Å². The Morgan fingerprint density at radius 3 is 2.40 bits per heavy atom. The van der Waals surface area contributed by atoms with Crippen molar-refractivity contribution in [2.24, 2.45) is 5.92 Å². The zero-order valence-electron chi connectivity index (χ0n) is 20.7. The molecule has 2 aromatic rings. The van der Waals surface area contributed by atoms with E-state index in [-0.39, 0.29) is 34.2 Å². The van der Waals surface area contributed by atoms with Gasteiger partial charge < -0.3 is 14.5 Å². The number of rotatable bonds is 6. The van der Waals surface area contributed by atoms with Crippen molar-refractivity contribution in [2.75, 3.05) is 38.1 Å². The standard InChI is InChI=1S/C26H33N3O5S/c1-18(2)27(3)25(30)20-11-14-28(15-12-20)26(31)22-17-21(9-10-24(22)34-4)35(32,33)29-16-13-19-7-5-6-8-23(19)29/h5-10,17-18,20H,11-16H2,1-4H3. The highest BCUT2D eigenvalue weighted by Gasteiger charge is 2.34. The van der Waals surface area contributed by atoms with Crippen molar-refractivity contribution in [2.45, 2.75) is 44.0 Å². The summed E-state index contributed by atoms with van der Waals surface area (Å²) >= 11 is 0. The summed E-state index contributed by atoms with van der Waals surface area (Å²) in [5, 5.41) is 0. The van der Waals surface area contributed by atoms with Gasteiger partial charge >= 0.3 is 0 Å². The van der Waals surface area contributed by atoms with E-state index in [0.29, 0.717) is 50.3 Å². The summed E-state index contributed by atoms with van der Waals surface area (Å²) < 4.78 is 33.8. The summed E-state index contributed by atoms with van der Waals surface area (Å²) in [6, 6.07) is 12.0. The number of carbonyl (C=O) groups is 2. The lowest BCUT2D eigenvalue weighted by Crippen LogP contribution is -2.45. The number of likely N-dealkylation sites (tertiary alicyclic amines) is 1. The summed E-state index contributed by atoms with van der Waals surface area (Å²) in [5.74, 6) is 0.0244. The molecule has 9 heteroatoms. The lowest BCUT2D eigenvalue weighted by atomic mass is 9.94. The van der Waals surface area contributed by atoms with Gasteiger partial charge in [-0.05, 0) is 62.9 Å². The molecule has 1 saturated heterocycles. The molecule has 8 nitrogen and oxygen atoms in total. The topological polar surface area (TPSA) is 87.2 Å². The van der Waals surface area contributed by atoms with Crippen LogP contribution < -0.4 is 9.04 Å². The number of methoxy groups -OCH3 is 1. The highest BCUT2D eigenvalue weighted by atomic mass is 32.2.